The molecule has 1 fully saturated rings. The fraction of sp³-hybridized carbons (Fsp3) is 0.333. The Labute approximate surface area is 102 Å². The second kappa shape index (κ2) is 5.09. The van der Waals surface area contributed by atoms with Crippen molar-refractivity contribution in [2.24, 2.45) is 0 Å². The van der Waals surface area contributed by atoms with Crippen LogP contribution < -0.4 is 0 Å². The minimum absolute atomic E-state index is 0.382. The number of aromatic nitrogens is 1. The molecule has 1 aromatic rings. The molecule has 0 N–H and O–H groups in total. The number of hydrogen-bond acceptors (Lipinski definition) is 2. The van der Waals surface area contributed by atoms with Crippen LogP contribution in [0.4, 0.5) is 0 Å². The van der Waals surface area contributed by atoms with Gasteiger partial charge in [-0.05, 0) is 30.0 Å². The molecule has 0 atom stereocenters. The van der Waals surface area contributed by atoms with Gasteiger partial charge in [-0.1, -0.05) is 25.3 Å². The van der Waals surface area contributed by atoms with E-state index in [4.69, 9.17) is 0 Å². The van der Waals surface area contributed by atoms with Crippen LogP contribution in [0.2, 0.25) is 0 Å². The molecule has 2 rings (SSSR count). The molecule has 0 unspecified atom stereocenters. The predicted octanol–water partition coefficient (Wildman–Crippen LogP) is 3.59. The molecule has 0 radical (unpaired) electrons. The maximum atomic E-state index is 11.2. The molecule has 0 aromatic carbocycles. The molecule has 0 amide bonds. The van der Waals surface area contributed by atoms with Crippen molar-refractivity contribution in [2.45, 2.75) is 31.6 Å². The maximum absolute atomic E-state index is 11.2. The molecular weight excluding hydrogens is 210 g/mol. The summed E-state index contributed by atoms with van der Waals surface area (Å²) in [6, 6.07) is 2.07. The highest BCUT2D eigenvalue weighted by Gasteiger charge is 2.21. The highest BCUT2D eigenvalue weighted by Crippen LogP contribution is 2.31. The molecule has 0 aliphatic heterocycles. The lowest BCUT2D eigenvalue weighted by Crippen LogP contribution is -2.13. The third kappa shape index (κ3) is 2.52. The van der Waals surface area contributed by atoms with Crippen molar-refractivity contribution in [2.75, 3.05) is 0 Å². The lowest BCUT2D eigenvalue weighted by atomic mass is 9.85. The highest BCUT2D eigenvalue weighted by atomic mass is 16.1. The van der Waals surface area contributed by atoms with Crippen LogP contribution in [-0.4, -0.2) is 10.8 Å². The average Bonchev–Trinajstić information content (AvgIpc) is 2.39. The topological polar surface area (TPSA) is 30.0 Å². The highest BCUT2D eigenvalue weighted by molar-refractivity contribution is 5.79. The van der Waals surface area contributed by atoms with Gasteiger partial charge >= 0.3 is 0 Å². The van der Waals surface area contributed by atoms with Gasteiger partial charge in [0.25, 0.3) is 0 Å². The summed E-state index contributed by atoms with van der Waals surface area (Å²) in [5, 5.41) is 0. The Bertz CT molecular complexity index is 452. The maximum Gasteiger partial charge on any atom is 0.132 e. The molecule has 1 aliphatic carbocycles. The van der Waals surface area contributed by atoms with Crippen molar-refractivity contribution in [3.05, 3.63) is 42.2 Å². The van der Waals surface area contributed by atoms with E-state index in [9.17, 15) is 4.79 Å². The van der Waals surface area contributed by atoms with Gasteiger partial charge in [-0.2, -0.15) is 0 Å². The summed E-state index contributed by atoms with van der Waals surface area (Å²) in [6.07, 6.45) is 8.70. The smallest absolute Gasteiger partial charge is 0.132 e. The number of Topliss-reactive ketones (excluding diaryl/α,β-unsaturated/α-hetero) is 1. The normalized spacial score (nSPS) is 16.8. The molecule has 88 valence electrons. The van der Waals surface area contributed by atoms with Gasteiger partial charge in [0.1, 0.15) is 5.78 Å². The van der Waals surface area contributed by atoms with Gasteiger partial charge < -0.3 is 0 Å². The number of hydrogen-bond donors (Lipinski definition) is 0. The van der Waals surface area contributed by atoms with E-state index >= 15 is 0 Å². The van der Waals surface area contributed by atoms with Crippen LogP contribution in [0, 0.1) is 0 Å². The van der Waals surface area contributed by atoms with Crippen LogP contribution in [0.5, 0.6) is 0 Å². The summed E-state index contributed by atoms with van der Waals surface area (Å²) in [5.41, 5.74) is 3.16. The Morgan fingerprint density at radius 2 is 1.82 bits per heavy atom. The Hall–Kier alpha value is -1.70. The SMILES string of the molecule is C=Cc1cnc(C2CCC(=O)CC2)cc1C=C. The molecule has 0 bridgehead atoms. The first kappa shape index (κ1) is 11.8. The van der Waals surface area contributed by atoms with Crippen LogP contribution in [0.3, 0.4) is 0 Å². The monoisotopic (exact) mass is 227 g/mol. The van der Waals surface area contributed by atoms with Crippen molar-refractivity contribution in [1.29, 1.82) is 0 Å². The minimum Gasteiger partial charge on any atom is -0.300 e. The van der Waals surface area contributed by atoms with Crippen molar-refractivity contribution in [3.8, 4) is 0 Å². The van der Waals surface area contributed by atoms with Crippen LogP contribution in [0.25, 0.3) is 12.2 Å². The van der Waals surface area contributed by atoms with E-state index in [-0.39, 0.29) is 0 Å². The van der Waals surface area contributed by atoms with Gasteiger partial charge in [0.05, 0.1) is 0 Å². The second-order valence-electron chi connectivity index (χ2n) is 4.46. The van der Waals surface area contributed by atoms with E-state index in [1.54, 1.807) is 6.08 Å². The average molecular weight is 227 g/mol. The first-order valence-corrected chi connectivity index (χ1v) is 6.01. The summed E-state index contributed by atoms with van der Waals surface area (Å²) in [5.74, 6) is 0.804. The Kier molecular flexibility index (Phi) is 3.52. The molecule has 17 heavy (non-hydrogen) atoms. The van der Waals surface area contributed by atoms with E-state index in [0.29, 0.717) is 24.5 Å². The number of pyridine rings is 1. The summed E-state index contributed by atoms with van der Waals surface area (Å²) in [7, 11) is 0. The van der Waals surface area contributed by atoms with Gasteiger partial charge in [-0.3, -0.25) is 9.78 Å². The van der Waals surface area contributed by atoms with Crippen LogP contribution in [0.1, 0.15) is 48.4 Å². The largest absolute Gasteiger partial charge is 0.300 e. The quantitative estimate of drug-likeness (QED) is 0.789. The Morgan fingerprint density at radius 1 is 1.18 bits per heavy atom. The zero-order valence-electron chi connectivity index (χ0n) is 9.98. The first-order valence-electron chi connectivity index (χ1n) is 6.01. The van der Waals surface area contributed by atoms with Crippen LogP contribution in [-0.2, 0) is 4.79 Å². The lowest BCUT2D eigenvalue weighted by Gasteiger charge is -2.20. The van der Waals surface area contributed by atoms with Crippen LogP contribution >= 0.6 is 0 Å². The number of rotatable bonds is 3. The molecule has 1 heterocycles. The zero-order valence-corrected chi connectivity index (χ0v) is 9.98. The van der Waals surface area contributed by atoms with Crippen molar-refractivity contribution in [1.82, 2.24) is 4.98 Å². The fourth-order valence-corrected chi connectivity index (χ4v) is 2.30. The number of nitrogens with zero attached hydrogens (tertiary/aromatic N) is 1. The first-order chi connectivity index (χ1) is 8.24. The van der Waals surface area contributed by atoms with Gasteiger partial charge in [0, 0.05) is 30.7 Å². The molecule has 1 aliphatic rings. The van der Waals surface area contributed by atoms with Gasteiger partial charge in [-0.25, -0.2) is 0 Å². The molecule has 1 aromatic heterocycles. The number of ketones is 1. The van der Waals surface area contributed by atoms with E-state index in [0.717, 1.165) is 29.7 Å². The van der Waals surface area contributed by atoms with Crippen molar-refractivity contribution < 1.29 is 4.79 Å². The van der Waals surface area contributed by atoms with Gasteiger partial charge in [-0.15, -0.1) is 0 Å². The number of carbonyl (C=O) groups is 1. The van der Waals surface area contributed by atoms with Crippen LogP contribution in [0.15, 0.2) is 25.4 Å². The molecule has 0 spiro atoms. The zero-order chi connectivity index (χ0) is 12.3. The minimum atomic E-state index is 0.382. The van der Waals surface area contributed by atoms with Crippen molar-refractivity contribution in [3.63, 3.8) is 0 Å². The predicted molar refractivity (Wildman–Crippen MR) is 70.6 cm³/mol. The fourth-order valence-electron chi connectivity index (χ4n) is 2.30. The van der Waals surface area contributed by atoms with E-state index < -0.39 is 0 Å². The summed E-state index contributed by atoms with van der Waals surface area (Å²) < 4.78 is 0. The summed E-state index contributed by atoms with van der Waals surface area (Å²) >= 11 is 0. The third-order valence-electron chi connectivity index (χ3n) is 3.39. The van der Waals surface area contributed by atoms with E-state index in [1.807, 2.05) is 12.3 Å². The molecule has 2 nitrogen and oxygen atoms in total. The lowest BCUT2D eigenvalue weighted by molar-refractivity contribution is -0.120. The molecule has 2 heteroatoms. The summed E-state index contributed by atoms with van der Waals surface area (Å²) in [4.78, 5) is 15.7. The van der Waals surface area contributed by atoms with Crippen molar-refractivity contribution >= 4 is 17.9 Å². The Morgan fingerprint density at radius 3 is 2.41 bits per heavy atom. The standard InChI is InChI=1S/C15H17NO/c1-3-11-9-15(16-10-12(11)4-2)13-5-7-14(17)8-6-13/h3-4,9-10,13H,1-2,5-8H2. The van der Waals surface area contributed by atoms with Gasteiger partial charge in [0.2, 0.25) is 0 Å². The Balaban J connectivity index is 2.24. The van der Waals surface area contributed by atoms with E-state index in [2.05, 4.69) is 24.2 Å². The second-order valence-corrected chi connectivity index (χ2v) is 4.46. The number of carbonyl (C=O) groups excluding carboxylic acids is 1. The summed E-state index contributed by atoms with van der Waals surface area (Å²) in [6.45, 7) is 7.57. The van der Waals surface area contributed by atoms with E-state index in [1.165, 1.54) is 0 Å². The third-order valence-corrected chi connectivity index (χ3v) is 3.39. The molecule has 0 saturated heterocycles. The molecular formula is C15H17NO. The van der Waals surface area contributed by atoms with Gasteiger partial charge in [0.15, 0.2) is 0 Å². The molecule has 1 saturated carbocycles.